The molecule has 4 rings (SSSR count). The Bertz CT molecular complexity index is 1310. The third kappa shape index (κ3) is 4.25. The fraction of sp³-hybridized carbons (Fsp3) is 0.115. The maximum Gasteiger partial charge on any atom is 0.343 e. The van der Waals surface area contributed by atoms with E-state index in [0.717, 1.165) is 21.6 Å². The van der Waals surface area contributed by atoms with Crippen molar-refractivity contribution in [3.05, 3.63) is 99.7 Å². The summed E-state index contributed by atoms with van der Waals surface area (Å²) in [7, 11) is 0. The van der Waals surface area contributed by atoms with E-state index in [0.29, 0.717) is 22.7 Å². The van der Waals surface area contributed by atoms with Crippen LogP contribution in [0.25, 0.3) is 0 Å². The predicted octanol–water partition coefficient (Wildman–Crippen LogP) is 5.27. The minimum absolute atomic E-state index is 0.0159. The average Bonchev–Trinajstić information content (AvgIpc) is 3.01. The van der Waals surface area contributed by atoms with Crippen LogP contribution in [0.3, 0.4) is 0 Å². The van der Waals surface area contributed by atoms with Crippen molar-refractivity contribution in [1.29, 1.82) is 0 Å². The summed E-state index contributed by atoms with van der Waals surface area (Å²) in [5.74, 6) is -1.14. The minimum atomic E-state index is -0.587. The Balaban J connectivity index is 1.51. The van der Waals surface area contributed by atoms with Crippen molar-refractivity contribution in [3.63, 3.8) is 0 Å². The lowest BCUT2D eigenvalue weighted by molar-refractivity contribution is -0.120. The van der Waals surface area contributed by atoms with E-state index >= 15 is 0 Å². The molecule has 0 unspecified atom stereocenters. The first-order valence-corrected chi connectivity index (χ1v) is 10.7. The molecule has 1 heterocycles. The smallest absolute Gasteiger partial charge is 0.343 e. The number of halogens is 1. The zero-order valence-electron chi connectivity index (χ0n) is 18.3. The van der Waals surface area contributed by atoms with Crippen molar-refractivity contribution in [1.82, 2.24) is 0 Å². The molecule has 0 atom stereocenters. The number of esters is 1. The minimum Gasteiger partial charge on any atom is -0.423 e. The molecule has 0 aromatic heterocycles. The van der Waals surface area contributed by atoms with E-state index in [-0.39, 0.29) is 10.7 Å². The normalized spacial score (nSPS) is 13.5. The van der Waals surface area contributed by atoms with Gasteiger partial charge in [-0.2, -0.15) is 0 Å². The van der Waals surface area contributed by atoms with E-state index in [1.807, 2.05) is 39.0 Å². The Morgan fingerprint density at radius 3 is 2.21 bits per heavy atom. The molecule has 1 N–H and O–H groups in total. The molecular formula is C26H21ClN2O4. The number of amides is 2. The van der Waals surface area contributed by atoms with Gasteiger partial charge in [-0.1, -0.05) is 41.9 Å². The number of hydrogen-bond acceptors (Lipinski definition) is 5. The lowest BCUT2D eigenvalue weighted by Gasteiger charge is -2.18. The van der Waals surface area contributed by atoms with Crippen LogP contribution in [0.1, 0.15) is 27.0 Å². The number of ether oxygens (including phenoxy) is 1. The molecule has 0 fully saturated rings. The quantitative estimate of drug-likeness (QED) is 0.319. The Hall–Kier alpha value is -3.90. The fourth-order valence-corrected chi connectivity index (χ4v) is 3.68. The number of rotatable bonds is 5. The van der Waals surface area contributed by atoms with Crippen LogP contribution in [-0.4, -0.2) is 17.8 Å². The SMILES string of the molecule is Cc1ccccc1OC(=O)c1ccc(NC2=C(Cl)C(=O)N(c3cccc(C)c3C)C2=O)cc1. The van der Waals surface area contributed by atoms with Crippen molar-refractivity contribution in [2.45, 2.75) is 20.8 Å². The topological polar surface area (TPSA) is 75.7 Å². The van der Waals surface area contributed by atoms with Crippen LogP contribution in [0, 0.1) is 20.8 Å². The summed E-state index contributed by atoms with van der Waals surface area (Å²) in [5.41, 5.74) is 3.95. The number of carbonyl (C=O) groups excluding carboxylic acids is 3. The molecule has 0 radical (unpaired) electrons. The largest absolute Gasteiger partial charge is 0.423 e. The summed E-state index contributed by atoms with van der Waals surface area (Å²) in [4.78, 5) is 39.3. The van der Waals surface area contributed by atoms with Crippen molar-refractivity contribution in [2.75, 3.05) is 10.2 Å². The first-order chi connectivity index (χ1) is 15.8. The van der Waals surface area contributed by atoms with Gasteiger partial charge in [0.05, 0.1) is 11.3 Å². The maximum absolute atomic E-state index is 13.0. The summed E-state index contributed by atoms with van der Waals surface area (Å²) in [6.07, 6.45) is 0. The first-order valence-electron chi connectivity index (χ1n) is 10.3. The Kier molecular flexibility index (Phi) is 6.03. The van der Waals surface area contributed by atoms with Gasteiger partial charge in [-0.25, -0.2) is 9.69 Å². The number of anilines is 2. The zero-order valence-corrected chi connectivity index (χ0v) is 19.1. The molecule has 33 heavy (non-hydrogen) atoms. The zero-order chi connectivity index (χ0) is 23.7. The second-order valence-corrected chi connectivity index (χ2v) is 8.09. The van der Waals surface area contributed by atoms with E-state index in [1.54, 1.807) is 48.5 Å². The molecule has 2 amide bonds. The number of aryl methyl sites for hydroxylation is 2. The van der Waals surface area contributed by atoms with Gasteiger partial charge in [-0.15, -0.1) is 0 Å². The van der Waals surface area contributed by atoms with Gasteiger partial charge in [0.1, 0.15) is 16.5 Å². The van der Waals surface area contributed by atoms with Crippen molar-refractivity contribution < 1.29 is 19.1 Å². The Morgan fingerprint density at radius 2 is 1.52 bits per heavy atom. The number of para-hydroxylation sites is 1. The fourth-order valence-electron chi connectivity index (χ4n) is 3.47. The molecule has 0 aliphatic carbocycles. The predicted molar refractivity (Wildman–Crippen MR) is 127 cm³/mol. The standard InChI is InChI=1S/C26H21ClN2O4/c1-15-8-6-9-20(17(15)3)29-24(30)22(27)23(25(29)31)28-19-13-11-18(12-14-19)26(32)33-21-10-5-4-7-16(21)2/h4-14,28H,1-3H3. The lowest BCUT2D eigenvalue weighted by Crippen LogP contribution is -2.33. The molecule has 166 valence electrons. The van der Waals surface area contributed by atoms with Crippen LogP contribution < -0.4 is 15.0 Å². The van der Waals surface area contributed by atoms with Gasteiger partial charge in [0.25, 0.3) is 11.8 Å². The molecule has 0 bridgehead atoms. The third-order valence-corrected chi connectivity index (χ3v) is 5.88. The number of imide groups is 1. The maximum atomic E-state index is 13.0. The van der Waals surface area contributed by atoms with Crippen LogP contribution in [0.2, 0.25) is 0 Å². The lowest BCUT2D eigenvalue weighted by atomic mass is 10.1. The molecule has 1 aliphatic rings. The molecular weight excluding hydrogens is 440 g/mol. The van der Waals surface area contributed by atoms with E-state index < -0.39 is 17.8 Å². The van der Waals surface area contributed by atoms with Gasteiger partial charge in [0, 0.05) is 5.69 Å². The van der Waals surface area contributed by atoms with Crippen LogP contribution >= 0.6 is 11.6 Å². The van der Waals surface area contributed by atoms with Crippen LogP contribution in [0.4, 0.5) is 11.4 Å². The highest BCUT2D eigenvalue weighted by Crippen LogP contribution is 2.33. The number of nitrogens with zero attached hydrogens (tertiary/aromatic N) is 1. The summed E-state index contributed by atoms with van der Waals surface area (Å²) in [5, 5.41) is 2.72. The highest BCUT2D eigenvalue weighted by Gasteiger charge is 2.39. The molecule has 0 saturated carbocycles. The highest BCUT2D eigenvalue weighted by atomic mass is 35.5. The monoisotopic (exact) mass is 460 g/mol. The highest BCUT2D eigenvalue weighted by molar-refractivity contribution is 6.53. The second-order valence-electron chi connectivity index (χ2n) is 7.71. The number of hydrogen-bond donors (Lipinski definition) is 1. The summed E-state index contributed by atoms with van der Waals surface area (Å²) in [6.45, 7) is 5.61. The van der Waals surface area contributed by atoms with Crippen LogP contribution in [0.5, 0.6) is 5.75 Å². The molecule has 0 saturated heterocycles. The van der Waals surface area contributed by atoms with Gasteiger partial charge in [0.2, 0.25) is 0 Å². The molecule has 6 nitrogen and oxygen atoms in total. The van der Waals surface area contributed by atoms with E-state index in [4.69, 9.17) is 16.3 Å². The van der Waals surface area contributed by atoms with Gasteiger partial charge < -0.3 is 10.1 Å². The first kappa shape index (κ1) is 22.3. The number of benzene rings is 3. The summed E-state index contributed by atoms with van der Waals surface area (Å²) < 4.78 is 5.44. The van der Waals surface area contributed by atoms with Crippen molar-refractivity contribution in [2.24, 2.45) is 0 Å². The van der Waals surface area contributed by atoms with E-state index in [1.165, 1.54) is 0 Å². The average molecular weight is 461 g/mol. The van der Waals surface area contributed by atoms with Crippen molar-refractivity contribution >= 4 is 40.8 Å². The van der Waals surface area contributed by atoms with Crippen molar-refractivity contribution in [3.8, 4) is 5.75 Å². The summed E-state index contributed by atoms with van der Waals surface area (Å²) >= 11 is 6.23. The van der Waals surface area contributed by atoms with Gasteiger partial charge in [-0.05, 0) is 73.9 Å². The van der Waals surface area contributed by atoms with Gasteiger partial charge in [0.15, 0.2) is 0 Å². The molecule has 3 aromatic rings. The van der Waals surface area contributed by atoms with E-state index in [9.17, 15) is 14.4 Å². The Labute approximate surface area is 196 Å². The van der Waals surface area contributed by atoms with E-state index in [2.05, 4.69) is 5.32 Å². The number of carbonyl (C=O) groups is 3. The van der Waals surface area contributed by atoms with Crippen LogP contribution in [-0.2, 0) is 9.59 Å². The third-order valence-electron chi connectivity index (χ3n) is 5.53. The van der Waals surface area contributed by atoms with Gasteiger partial charge >= 0.3 is 5.97 Å². The molecule has 7 heteroatoms. The van der Waals surface area contributed by atoms with Crippen LogP contribution in [0.15, 0.2) is 77.5 Å². The molecule has 1 aliphatic heterocycles. The molecule has 3 aromatic carbocycles. The number of nitrogens with one attached hydrogen (secondary N) is 1. The second kappa shape index (κ2) is 8.92. The molecule has 0 spiro atoms. The summed E-state index contributed by atoms with van der Waals surface area (Å²) in [6, 6.07) is 19.0. The van der Waals surface area contributed by atoms with Gasteiger partial charge in [-0.3, -0.25) is 9.59 Å². The Morgan fingerprint density at radius 1 is 0.848 bits per heavy atom.